The first-order valence-corrected chi connectivity index (χ1v) is 47.4. The number of nitriles is 6. The second kappa shape index (κ2) is 39.1. The maximum atomic E-state index is 9.29. The van der Waals surface area contributed by atoms with Crippen molar-refractivity contribution >= 4 is 106 Å². The van der Waals surface area contributed by atoms with Crippen molar-refractivity contribution in [3.05, 3.63) is 506 Å². The fraction of sp³-hybridized carbons (Fsp3) is 0.0233. The SMILES string of the molecule is CC1(C)c2cc(N(c3ccc(-c4ccccc4)cc3)c3ccc(-c4ccccc4)cc3)ccc2-c2ccc(-n3c4ccccc4c4ccccc43)cc21.N#Cc1nc2c3nc(C#N)c(C#N)nc3c3nc(C#N)c(C#N)nc3c2nc1C#N.c1ccc(-c2ccc(-c3ccc(N(c4ccccc4)c4ccc(-c5ccc(N(c6ccc(-c7ccccc7)cc6)c6ccc(-c7ccccc7)cc6)cc5)cc4)cc3)cc2)cc1. The average molecular weight is 1860 g/mol. The Balaban J connectivity index is 0.000000131. The summed E-state index contributed by atoms with van der Waals surface area (Å²) in [6, 6.07) is 177. The minimum Gasteiger partial charge on any atom is -0.311 e. The van der Waals surface area contributed by atoms with Crippen molar-refractivity contribution in [1.82, 2.24) is 34.5 Å². The molecule has 0 aliphatic heterocycles. The highest BCUT2D eigenvalue weighted by atomic mass is 15.2. The monoisotopic (exact) mass is 1850 g/mol. The molecule has 1 aliphatic rings. The Morgan fingerprint density at radius 1 is 0.193 bits per heavy atom. The summed E-state index contributed by atoms with van der Waals surface area (Å²) in [5.41, 5.74) is 33.7. The molecular formula is C129H82N16. The molecule has 1 aliphatic carbocycles. The van der Waals surface area contributed by atoms with Gasteiger partial charge in [-0.05, 0) is 234 Å². The quantitative estimate of drug-likeness (QED) is 0.0771. The number of hydrogen-bond donors (Lipinski definition) is 0. The summed E-state index contributed by atoms with van der Waals surface area (Å²) in [5, 5.41) is 58.3. The first-order chi connectivity index (χ1) is 71.4. The van der Waals surface area contributed by atoms with Gasteiger partial charge in [0.1, 0.15) is 69.5 Å². The molecule has 19 aromatic carbocycles. The van der Waals surface area contributed by atoms with E-state index < -0.39 is 0 Å². The van der Waals surface area contributed by atoms with E-state index in [0.717, 1.165) is 62.3 Å². The lowest BCUT2D eigenvalue weighted by atomic mass is 9.82. The van der Waals surface area contributed by atoms with Crippen LogP contribution >= 0.6 is 0 Å². The van der Waals surface area contributed by atoms with Crippen LogP contribution in [0.1, 0.15) is 59.1 Å². The van der Waals surface area contributed by atoms with Gasteiger partial charge in [-0.1, -0.05) is 341 Å². The number of para-hydroxylation sites is 3. The van der Waals surface area contributed by atoms with Gasteiger partial charge in [-0.15, -0.1) is 0 Å². The first kappa shape index (κ1) is 89.5. The second-order valence-corrected chi connectivity index (χ2v) is 35.6. The van der Waals surface area contributed by atoms with Crippen LogP contribution in [0.25, 0.3) is 150 Å². The smallest absolute Gasteiger partial charge is 0.177 e. The molecule has 0 fully saturated rings. The largest absolute Gasteiger partial charge is 0.311 e. The van der Waals surface area contributed by atoms with Gasteiger partial charge in [0.15, 0.2) is 34.2 Å². The molecule has 4 aromatic heterocycles. The summed E-state index contributed by atoms with van der Waals surface area (Å²) in [4.78, 5) is 31.7. The van der Waals surface area contributed by atoms with E-state index in [1.54, 1.807) is 36.4 Å². The lowest BCUT2D eigenvalue weighted by molar-refractivity contribution is 0.660. The number of aromatic nitrogens is 7. The highest BCUT2D eigenvalue weighted by molar-refractivity contribution is 6.18. The average Bonchev–Trinajstić information content (AvgIpc) is 1.68. The molecule has 0 saturated carbocycles. The van der Waals surface area contributed by atoms with E-state index in [1.165, 1.54) is 117 Å². The highest BCUT2D eigenvalue weighted by Gasteiger charge is 2.37. The van der Waals surface area contributed by atoms with Gasteiger partial charge in [0.2, 0.25) is 0 Å². The zero-order valence-corrected chi connectivity index (χ0v) is 78.5. The van der Waals surface area contributed by atoms with Gasteiger partial charge in [0, 0.05) is 73.1 Å². The number of anilines is 9. The van der Waals surface area contributed by atoms with Crippen LogP contribution in [0.15, 0.2) is 461 Å². The molecular weight excluding hydrogens is 1770 g/mol. The Kier molecular flexibility index (Phi) is 24.1. The number of nitrogens with zero attached hydrogens (tertiary/aromatic N) is 16. The van der Waals surface area contributed by atoms with E-state index in [1.807, 2.05) is 0 Å². The number of benzene rings is 19. The van der Waals surface area contributed by atoms with E-state index in [-0.39, 0.29) is 72.7 Å². The van der Waals surface area contributed by atoms with Crippen LogP contribution in [0.5, 0.6) is 0 Å². The maximum absolute atomic E-state index is 9.29. The Bertz CT molecular complexity index is 8550. The van der Waals surface area contributed by atoms with E-state index in [2.05, 4.69) is 524 Å². The topological polar surface area (TPSA) is 235 Å². The molecule has 4 heterocycles. The van der Waals surface area contributed by atoms with Crippen molar-refractivity contribution < 1.29 is 0 Å². The molecule has 23 aromatic rings. The van der Waals surface area contributed by atoms with Gasteiger partial charge in [0.05, 0.1) is 11.0 Å². The van der Waals surface area contributed by atoms with Crippen LogP contribution in [0, 0.1) is 68.0 Å². The van der Waals surface area contributed by atoms with Gasteiger partial charge in [-0.2, -0.15) is 31.6 Å². The van der Waals surface area contributed by atoms with E-state index in [9.17, 15) is 31.6 Å². The van der Waals surface area contributed by atoms with Crippen molar-refractivity contribution in [2.24, 2.45) is 0 Å². The van der Waals surface area contributed by atoms with E-state index in [0.29, 0.717) is 0 Å². The van der Waals surface area contributed by atoms with Crippen LogP contribution in [0.3, 0.4) is 0 Å². The zero-order valence-electron chi connectivity index (χ0n) is 78.5. The van der Waals surface area contributed by atoms with Crippen LogP contribution in [-0.4, -0.2) is 34.5 Å². The standard InChI is InChI=1S/C60H44N2.C51H38N2.C18N12/c1-5-13-45(14-6-1)48-21-23-49(24-22-48)52-29-39-56(40-30-52)61(55-19-11-4-12-20-55)57-41-31-53(32-42-57)54-33-43-60(44-34-54)62(58-35-25-50(26-36-58)46-15-7-2-8-16-46)59-37-27-51(28-38-59)47-17-9-3-10-18-47;1-51(2)47-33-41(29-31-43(47)44-32-30-42(34-48(44)51)53-49-19-11-9-17-45(49)46-18-10-12-20-50(46)53)52(39-25-21-37(22-26-39)35-13-5-3-6-14-35)40-27-23-38(24-28-40)36-15-7-4-8-16-36;19-1-7-8(2-20)26-14-13(25-7)15-17(29-10(4-22)9(3-21)27-15)18-16(14)28-11(5-23)12(6-24)30-18/h1-44H;3-34H,1-2H3;. The molecule has 0 amide bonds. The molecule has 16 heteroatoms. The molecule has 0 saturated heterocycles. The van der Waals surface area contributed by atoms with Crippen molar-refractivity contribution in [3.8, 4) is 131 Å². The number of fused-ring (bicyclic) bond motifs is 12. The van der Waals surface area contributed by atoms with Gasteiger partial charge in [-0.3, -0.25) is 0 Å². The molecule has 0 radical (unpaired) electrons. The van der Waals surface area contributed by atoms with Crippen LogP contribution < -0.4 is 14.7 Å². The summed E-state index contributed by atoms with van der Waals surface area (Å²) in [6.45, 7) is 4.76. The lowest BCUT2D eigenvalue weighted by Gasteiger charge is -2.28. The maximum Gasteiger partial charge on any atom is 0.177 e. The van der Waals surface area contributed by atoms with Crippen LogP contribution in [0.4, 0.5) is 51.2 Å². The number of hydrogen-bond acceptors (Lipinski definition) is 15. The van der Waals surface area contributed by atoms with Gasteiger partial charge in [-0.25, -0.2) is 29.9 Å². The summed E-state index contributed by atoms with van der Waals surface area (Å²) < 4.78 is 2.43. The minimum atomic E-state index is -0.294. The van der Waals surface area contributed by atoms with Gasteiger partial charge < -0.3 is 19.3 Å². The Labute approximate surface area is 837 Å². The zero-order chi connectivity index (χ0) is 98.4. The molecule has 0 unspecified atom stereocenters. The molecule has 145 heavy (non-hydrogen) atoms. The van der Waals surface area contributed by atoms with Gasteiger partial charge in [0.25, 0.3) is 0 Å². The first-order valence-electron chi connectivity index (χ1n) is 47.4. The lowest BCUT2D eigenvalue weighted by Crippen LogP contribution is -2.17. The third-order valence-electron chi connectivity index (χ3n) is 26.7. The van der Waals surface area contributed by atoms with Crippen molar-refractivity contribution in [3.63, 3.8) is 0 Å². The second-order valence-electron chi connectivity index (χ2n) is 35.6. The molecule has 0 bridgehead atoms. The van der Waals surface area contributed by atoms with Gasteiger partial charge >= 0.3 is 0 Å². The Morgan fingerprint density at radius 2 is 0.379 bits per heavy atom. The summed E-state index contributed by atoms with van der Waals surface area (Å²) in [6.07, 6.45) is 0. The van der Waals surface area contributed by atoms with E-state index in [4.69, 9.17) is 0 Å². The predicted octanol–water partition coefficient (Wildman–Crippen LogP) is 31.6. The molecule has 678 valence electrons. The number of rotatable bonds is 17. The van der Waals surface area contributed by atoms with Crippen molar-refractivity contribution in [2.45, 2.75) is 19.3 Å². The van der Waals surface area contributed by atoms with Crippen LogP contribution in [-0.2, 0) is 5.41 Å². The third kappa shape index (κ3) is 17.4. The summed E-state index contributed by atoms with van der Waals surface area (Å²) in [7, 11) is 0. The highest BCUT2D eigenvalue weighted by Crippen LogP contribution is 2.53. The van der Waals surface area contributed by atoms with Crippen molar-refractivity contribution in [2.75, 3.05) is 14.7 Å². The summed E-state index contributed by atoms with van der Waals surface area (Å²) >= 11 is 0. The molecule has 0 N–H and O–H groups in total. The fourth-order valence-electron chi connectivity index (χ4n) is 19.5. The predicted molar refractivity (Wildman–Crippen MR) is 581 cm³/mol. The molecule has 0 atom stereocenters. The van der Waals surface area contributed by atoms with Crippen molar-refractivity contribution in [1.29, 1.82) is 31.6 Å². The normalized spacial score (nSPS) is 11.4. The Hall–Kier alpha value is -20.7. The Morgan fingerprint density at radius 3 is 0.628 bits per heavy atom. The summed E-state index contributed by atoms with van der Waals surface area (Å²) in [5.74, 6) is 0. The van der Waals surface area contributed by atoms with E-state index >= 15 is 0 Å². The third-order valence-corrected chi connectivity index (χ3v) is 26.7. The molecule has 0 spiro atoms. The van der Waals surface area contributed by atoms with Crippen LogP contribution in [0.2, 0.25) is 0 Å². The fourth-order valence-corrected chi connectivity index (χ4v) is 19.5. The molecule has 16 nitrogen and oxygen atoms in total. The molecule has 24 rings (SSSR count). The minimum absolute atomic E-state index is 0.0237.